The molecule has 0 saturated carbocycles. The van der Waals surface area contributed by atoms with Crippen LogP contribution >= 0.6 is 11.6 Å². The number of ether oxygens (including phenoxy) is 1. The minimum atomic E-state index is 0.318. The molecule has 5 heteroatoms. The van der Waals surface area contributed by atoms with Crippen LogP contribution in [0, 0.1) is 0 Å². The van der Waals surface area contributed by atoms with Crippen LogP contribution < -0.4 is 10.5 Å². The van der Waals surface area contributed by atoms with Gasteiger partial charge in [0.1, 0.15) is 5.75 Å². The molecule has 0 unspecified atom stereocenters. The first-order valence-corrected chi connectivity index (χ1v) is 6.73. The van der Waals surface area contributed by atoms with Gasteiger partial charge in [-0.05, 0) is 29.8 Å². The lowest BCUT2D eigenvalue weighted by Gasteiger charge is -2.06. The lowest BCUT2D eigenvalue weighted by Crippen LogP contribution is -1.90. The van der Waals surface area contributed by atoms with Gasteiger partial charge in [0.25, 0.3) is 0 Å². The van der Waals surface area contributed by atoms with Crippen molar-refractivity contribution in [2.24, 2.45) is 0 Å². The van der Waals surface area contributed by atoms with Gasteiger partial charge < -0.3 is 15.0 Å². The van der Waals surface area contributed by atoms with Gasteiger partial charge in [-0.15, -0.1) is 0 Å². The van der Waals surface area contributed by atoms with Crippen molar-refractivity contribution in [2.75, 3.05) is 12.8 Å². The Hall–Kier alpha value is -2.46. The fourth-order valence-corrected chi connectivity index (χ4v) is 2.41. The summed E-state index contributed by atoms with van der Waals surface area (Å²) in [7, 11) is 1.62. The lowest BCUT2D eigenvalue weighted by molar-refractivity contribution is 0.415. The summed E-state index contributed by atoms with van der Waals surface area (Å²) < 4.78 is 10.6. The maximum Gasteiger partial charge on any atom is 0.178 e. The van der Waals surface area contributed by atoms with Crippen LogP contribution in [0.4, 0.5) is 5.82 Å². The molecular weight excluding hydrogens is 288 g/mol. The number of benzene rings is 2. The van der Waals surface area contributed by atoms with E-state index in [1.807, 2.05) is 42.5 Å². The summed E-state index contributed by atoms with van der Waals surface area (Å²) in [6, 6.07) is 15.0. The van der Waals surface area contributed by atoms with Gasteiger partial charge in [-0.1, -0.05) is 41.0 Å². The van der Waals surface area contributed by atoms with E-state index in [1.165, 1.54) is 0 Å². The van der Waals surface area contributed by atoms with E-state index < -0.39 is 0 Å². The molecule has 2 aromatic carbocycles. The zero-order valence-electron chi connectivity index (χ0n) is 11.3. The van der Waals surface area contributed by atoms with Gasteiger partial charge in [0.2, 0.25) is 0 Å². The summed E-state index contributed by atoms with van der Waals surface area (Å²) >= 11 is 6.23. The molecule has 0 fully saturated rings. The van der Waals surface area contributed by atoms with E-state index in [0.29, 0.717) is 22.2 Å². The van der Waals surface area contributed by atoms with Crippen molar-refractivity contribution in [2.45, 2.75) is 0 Å². The first-order chi connectivity index (χ1) is 10.2. The van der Waals surface area contributed by atoms with Gasteiger partial charge in [-0.2, -0.15) is 0 Å². The molecule has 2 N–H and O–H groups in total. The number of nitrogen functional groups attached to an aromatic ring is 1. The van der Waals surface area contributed by atoms with Gasteiger partial charge in [0.15, 0.2) is 11.6 Å². The van der Waals surface area contributed by atoms with Gasteiger partial charge in [-0.25, -0.2) is 0 Å². The maximum absolute atomic E-state index is 6.23. The predicted octanol–water partition coefficient (Wildman–Crippen LogP) is 4.25. The van der Waals surface area contributed by atoms with Crippen LogP contribution in [0.3, 0.4) is 0 Å². The number of nitrogens with zero attached hydrogens (tertiary/aromatic N) is 1. The summed E-state index contributed by atoms with van der Waals surface area (Å²) in [5.41, 5.74) is 8.29. The molecule has 3 aromatic rings. The smallest absolute Gasteiger partial charge is 0.178 e. The largest absolute Gasteiger partial charge is 0.497 e. The van der Waals surface area contributed by atoms with Crippen molar-refractivity contribution in [3.8, 4) is 28.2 Å². The Labute approximate surface area is 127 Å². The highest BCUT2D eigenvalue weighted by Gasteiger charge is 2.19. The zero-order chi connectivity index (χ0) is 14.8. The molecule has 106 valence electrons. The highest BCUT2D eigenvalue weighted by molar-refractivity contribution is 6.33. The Kier molecular flexibility index (Phi) is 3.54. The third kappa shape index (κ3) is 2.45. The van der Waals surface area contributed by atoms with Crippen molar-refractivity contribution >= 4 is 17.4 Å². The fraction of sp³-hybridized carbons (Fsp3) is 0.0625. The van der Waals surface area contributed by atoms with E-state index >= 15 is 0 Å². The number of methoxy groups -OCH3 is 1. The van der Waals surface area contributed by atoms with E-state index in [9.17, 15) is 0 Å². The highest BCUT2D eigenvalue weighted by Crippen LogP contribution is 2.40. The number of hydrogen-bond donors (Lipinski definition) is 1. The monoisotopic (exact) mass is 300 g/mol. The summed E-state index contributed by atoms with van der Waals surface area (Å²) in [4.78, 5) is 0. The second-order valence-corrected chi connectivity index (χ2v) is 4.89. The van der Waals surface area contributed by atoms with Crippen LogP contribution in [0.1, 0.15) is 0 Å². The molecule has 0 aliphatic carbocycles. The molecule has 0 amide bonds. The molecule has 0 bridgehead atoms. The van der Waals surface area contributed by atoms with E-state index in [-0.39, 0.29) is 0 Å². The zero-order valence-corrected chi connectivity index (χ0v) is 12.1. The van der Waals surface area contributed by atoms with E-state index in [4.69, 9.17) is 26.6 Å². The number of halogens is 1. The van der Waals surface area contributed by atoms with E-state index in [0.717, 1.165) is 16.9 Å². The predicted molar refractivity (Wildman–Crippen MR) is 83.3 cm³/mol. The molecule has 0 radical (unpaired) electrons. The molecule has 1 heterocycles. The molecule has 21 heavy (non-hydrogen) atoms. The van der Waals surface area contributed by atoms with Crippen LogP contribution in [-0.4, -0.2) is 12.3 Å². The quantitative estimate of drug-likeness (QED) is 0.785. The van der Waals surface area contributed by atoms with E-state index in [1.54, 1.807) is 13.2 Å². The van der Waals surface area contributed by atoms with Crippen LogP contribution in [0.25, 0.3) is 22.5 Å². The van der Waals surface area contributed by atoms with Crippen molar-refractivity contribution in [1.29, 1.82) is 0 Å². The standard InChI is InChI=1S/C16H13ClN2O2/c1-20-11-6-4-5-10(9-11)14-15(21-19-16(14)18)12-7-2-3-8-13(12)17/h2-9H,1H3,(H2,18,19). The summed E-state index contributed by atoms with van der Waals surface area (Å²) in [5.74, 6) is 1.60. The molecule has 3 rings (SSSR count). The Balaban J connectivity index is 2.20. The second-order valence-electron chi connectivity index (χ2n) is 4.48. The number of hydrogen-bond acceptors (Lipinski definition) is 4. The fourth-order valence-electron chi connectivity index (χ4n) is 2.19. The minimum absolute atomic E-state index is 0.318. The molecule has 0 atom stereocenters. The molecule has 1 aromatic heterocycles. The molecule has 0 saturated heterocycles. The van der Waals surface area contributed by atoms with Gasteiger partial charge in [-0.3, -0.25) is 0 Å². The SMILES string of the molecule is COc1cccc(-c2c(N)noc2-c2ccccc2Cl)c1. The number of aromatic nitrogens is 1. The normalized spacial score (nSPS) is 10.6. The summed E-state index contributed by atoms with van der Waals surface area (Å²) in [6.07, 6.45) is 0. The van der Waals surface area contributed by atoms with Crippen LogP contribution in [-0.2, 0) is 0 Å². The Morgan fingerprint density at radius 1 is 1.14 bits per heavy atom. The van der Waals surface area contributed by atoms with Gasteiger partial charge >= 0.3 is 0 Å². The first kappa shape index (κ1) is 13.5. The average Bonchev–Trinajstić information content (AvgIpc) is 2.89. The number of nitrogens with two attached hydrogens (primary N) is 1. The third-order valence-electron chi connectivity index (χ3n) is 3.20. The Morgan fingerprint density at radius 2 is 1.95 bits per heavy atom. The van der Waals surface area contributed by atoms with Crippen molar-refractivity contribution in [3.05, 3.63) is 53.6 Å². The van der Waals surface area contributed by atoms with Gasteiger partial charge in [0.05, 0.1) is 17.7 Å². The summed E-state index contributed by atoms with van der Waals surface area (Å²) in [6.45, 7) is 0. The van der Waals surface area contributed by atoms with Crippen molar-refractivity contribution in [1.82, 2.24) is 5.16 Å². The summed E-state index contributed by atoms with van der Waals surface area (Å²) in [5, 5.41) is 4.45. The van der Waals surface area contributed by atoms with Crippen LogP contribution in [0.2, 0.25) is 5.02 Å². The number of anilines is 1. The molecule has 0 spiro atoms. The molecular formula is C16H13ClN2O2. The topological polar surface area (TPSA) is 61.3 Å². The first-order valence-electron chi connectivity index (χ1n) is 6.35. The van der Waals surface area contributed by atoms with Gasteiger partial charge in [0, 0.05) is 5.56 Å². The molecule has 0 aliphatic heterocycles. The van der Waals surface area contributed by atoms with Crippen LogP contribution in [0.15, 0.2) is 53.1 Å². The molecule has 4 nitrogen and oxygen atoms in total. The van der Waals surface area contributed by atoms with E-state index in [2.05, 4.69) is 5.16 Å². The lowest BCUT2D eigenvalue weighted by atomic mass is 10.0. The Morgan fingerprint density at radius 3 is 2.71 bits per heavy atom. The second kappa shape index (κ2) is 5.50. The highest BCUT2D eigenvalue weighted by atomic mass is 35.5. The molecule has 0 aliphatic rings. The average molecular weight is 301 g/mol. The Bertz CT molecular complexity index is 783. The van der Waals surface area contributed by atoms with Crippen molar-refractivity contribution in [3.63, 3.8) is 0 Å². The minimum Gasteiger partial charge on any atom is -0.497 e. The van der Waals surface area contributed by atoms with Crippen LogP contribution in [0.5, 0.6) is 5.75 Å². The third-order valence-corrected chi connectivity index (χ3v) is 3.52. The van der Waals surface area contributed by atoms with Crippen molar-refractivity contribution < 1.29 is 9.26 Å². The maximum atomic E-state index is 6.23. The number of rotatable bonds is 3.